The Bertz CT molecular complexity index is 1430. The van der Waals surface area contributed by atoms with E-state index in [4.69, 9.17) is 27.7 Å². The van der Waals surface area contributed by atoms with Crippen molar-refractivity contribution in [3.63, 3.8) is 0 Å². The molecular formula is C25H20Cl2N2O4S2. The number of hydrogen-bond acceptors (Lipinski definition) is 8. The number of thiophene rings is 2. The third kappa shape index (κ3) is 5.90. The lowest BCUT2D eigenvalue weighted by atomic mass is 10.1. The Morgan fingerprint density at radius 2 is 1.83 bits per heavy atom. The van der Waals surface area contributed by atoms with Crippen molar-refractivity contribution in [2.24, 2.45) is 4.99 Å². The van der Waals surface area contributed by atoms with Crippen LogP contribution in [-0.4, -0.2) is 34.1 Å². The van der Waals surface area contributed by atoms with Crippen LogP contribution in [0.1, 0.15) is 49.7 Å². The topological polar surface area (TPSA) is 92.8 Å². The van der Waals surface area contributed by atoms with Crippen molar-refractivity contribution in [2.75, 3.05) is 6.54 Å². The monoisotopic (exact) mass is 546 g/mol. The smallest absolute Gasteiger partial charge is 0.194 e. The molecule has 0 bridgehead atoms. The summed E-state index contributed by atoms with van der Waals surface area (Å²) < 4.78 is 5.02. The highest BCUT2D eigenvalue weighted by atomic mass is 35.5. The Balaban J connectivity index is 1.40. The number of aryl methyl sites for hydroxylation is 2. The molecule has 3 heterocycles. The predicted octanol–water partition coefficient (Wildman–Crippen LogP) is 7.29. The molecule has 180 valence electrons. The summed E-state index contributed by atoms with van der Waals surface area (Å²) >= 11 is 14.6. The number of aromatic nitrogens is 1. The molecule has 1 N–H and O–H groups in total. The fourth-order valence-electron chi connectivity index (χ4n) is 3.34. The van der Waals surface area contributed by atoms with Gasteiger partial charge in [-0.05, 0) is 43.7 Å². The molecule has 0 saturated heterocycles. The van der Waals surface area contributed by atoms with Crippen LogP contribution in [0.25, 0.3) is 10.4 Å². The van der Waals surface area contributed by atoms with Gasteiger partial charge in [0.15, 0.2) is 11.6 Å². The van der Waals surface area contributed by atoms with Crippen LogP contribution < -0.4 is 0 Å². The molecule has 0 spiro atoms. The summed E-state index contributed by atoms with van der Waals surface area (Å²) in [5.41, 5.74) is 2.56. The summed E-state index contributed by atoms with van der Waals surface area (Å²) in [7, 11) is 0. The van der Waals surface area contributed by atoms with Crippen molar-refractivity contribution < 1.29 is 19.2 Å². The number of carbonyl (C=O) groups is 2. The first-order valence-electron chi connectivity index (χ1n) is 10.6. The average molecular weight is 547 g/mol. The molecule has 35 heavy (non-hydrogen) atoms. The first-order valence-corrected chi connectivity index (χ1v) is 13.0. The molecule has 1 aromatic carbocycles. The number of aliphatic imine (C=N–C) groups is 1. The minimum Gasteiger partial charge on any atom is -0.506 e. The van der Waals surface area contributed by atoms with E-state index in [1.165, 1.54) is 11.3 Å². The number of carbonyl (C=O) groups excluding carboxylic acids is 2. The highest BCUT2D eigenvalue weighted by Gasteiger charge is 2.17. The molecule has 4 rings (SSSR count). The Labute approximate surface area is 219 Å². The third-order valence-corrected chi connectivity index (χ3v) is 8.16. The quantitative estimate of drug-likeness (QED) is 0.175. The first kappa shape index (κ1) is 25.3. The van der Waals surface area contributed by atoms with Gasteiger partial charge in [-0.25, -0.2) is 0 Å². The van der Waals surface area contributed by atoms with E-state index in [1.54, 1.807) is 55.6 Å². The van der Waals surface area contributed by atoms with Crippen molar-refractivity contribution in [1.82, 2.24) is 5.16 Å². The Morgan fingerprint density at radius 1 is 1.09 bits per heavy atom. The van der Waals surface area contributed by atoms with Crippen LogP contribution in [-0.2, 0) is 6.42 Å². The zero-order valence-corrected chi connectivity index (χ0v) is 21.9. The van der Waals surface area contributed by atoms with Gasteiger partial charge in [0.05, 0.1) is 30.4 Å². The molecule has 3 aromatic heterocycles. The van der Waals surface area contributed by atoms with Gasteiger partial charge in [0.2, 0.25) is 0 Å². The molecular weight excluding hydrogens is 527 g/mol. The number of aromatic hydroxyl groups is 1. The number of nitrogens with zero attached hydrogens (tertiary/aromatic N) is 2. The summed E-state index contributed by atoms with van der Waals surface area (Å²) in [6.45, 7) is 3.45. The normalized spacial score (nSPS) is 11.7. The minimum absolute atomic E-state index is 0.0487. The SMILES string of the molecule is CC(=NCC(=O)c1ccc(C(=O)CCc2cc(C)on2)s1)c1csc(-c2ccc(Cl)c(Cl)c2)c1O. The van der Waals surface area contributed by atoms with Gasteiger partial charge in [0.25, 0.3) is 0 Å². The number of ketones is 2. The lowest BCUT2D eigenvalue weighted by Crippen LogP contribution is -2.04. The lowest BCUT2D eigenvalue weighted by molar-refractivity contribution is 0.0984. The molecule has 0 radical (unpaired) electrons. The van der Waals surface area contributed by atoms with Crippen molar-refractivity contribution in [1.29, 1.82) is 0 Å². The summed E-state index contributed by atoms with van der Waals surface area (Å²) in [5, 5.41) is 17.2. The second kappa shape index (κ2) is 10.9. The minimum atomic E-state index is -0.194. The van der Waals surface area contributed by atoms with Crippen LogP contribution in [0.2, 0.25) is 10.0 Å². The number of benzene rings is 1. The molecule has 10 heteroatoms. The highest BCUT2D eigenvalue weighted by Crippen LogP contribution is 2.40. The van der Waals surface area contributed by atoms with Gasteiger partial charge in [-0.15, -0.1) is 22.7 Å². The van der Waals surface area contributed by atoms with Crippen molar-refractivity contribution >= 4 is 63.2 Å². The standard InChI is InChI=1S/C25H20Cl2N2O4S2/c1-13-9-16(29-33-13)4-6-20(30)22-7-8-23(35-22)21(31)11-28-14(2)17-12-34-25(24(17)32)15-3-5-18(26)19(27)10-15/h3,5,7-10,12,32H,4,6,11H2,1-2H3. The maximum Gasteiger partial charge on any atom is 0.194 e. The van der Waals surface area contributed by atoms with Gasteiger partial charge in [0.1, 0.15) is 18.1 Å². The van der Waals surface area contributed by atoms with E-state index in [2.05, 4.69) is 10.1 Å². The van der Waals surface area contributed by atoms with Crippen LogP contribution in [0.5, 0.6) is 5.75 Å². The van der Waals surface area contributed by atoms with Crippen LogP contribution in [0, 0.1) is 6.92 Å². The second-order valence-corrected chi connectivity index (χ2v) is 10.6. The molecule has 0 aliphatic heterocycles. The Kier molecular flexibility index (Phi) is 7.86. The Morgan fingerprint density at radius 3 is 2.51 bits per heavy atom. The largest absolute Gasteiger partial charge is 0.506 e. The molecule has 0 aliphatic rings. The van der Waals surface area contributed by atoms with Crippen molar-refractivity contribution in [3.05, 3.63) is 78.6 Å². The zero-order valence-electron chi connectivity index (χ0n) is 18.8. The van der Waals surface area contributed by atoms with E-state index in [-0.39, 0.29) is 30.3 Å². The first-order chi connectivity index (χ1) is 16.7. The maximum atomic E-state index is 12.7. The van der Waals surface area contributed by atoms with Crippen LogP contribution in [0.3, 0.4) is 0 Å². The lowest BCUT2D eigenvalue weighted by Gasteiger charge is -2.03. The summed E-state index contributed by atoms with van der Waals surface area (Å²) in [6, 6.07) is 10.3. The molecule has 0 fully saturated rings. The average Bonchev–Trinajstić information content (AvgIpc) is 3.57. The second-order valence-electron chi connectivity index (χ2n) is 7.80. The van der Waals surface area contributed by atoms with Gasteiger partial charge < -0.3 is 9.63 Å². The molecule has 0 amide bonds. The van der Waals surface area contributed by atoms with E-state index in [9.17, 15) is 14.7 Å². The van der Waals surface area contributed by atoms with Gasteiger partial charge >= 0.3 is 0 Å². The fourth-order valence-corrected chi connectivity index (χ4v) is 5.55. The summed E-state index contributed by atoms with van der Waals surface area (Å²) in [6.07, 6.45) is 0.769. The summed E-state index contributed by atoms with van der Waals surface area (Å²) in [5.74, 6) is 0.537. The fraction of sp³-hybridized carbons (Fsp3) is 0.200. The van der Waals surface area contributed by atoms with Gasteiger partial charge in [0, 0.05) is 35.6 Å². The van der Waals surface area contributed by atoms with Crippen LogP contribution in [0.4, 0.5) is 0 Å². The van der Waals surface area contributed by atoms with E-state index >= 15 is 0 Å². The predicted molar refractivity (Wildman–Crippen MR) is 141 cm³/mol. The van der Waals surface area contributed by atoms with Gasteiger partial charge in [-0.3, -0.25) is 14.6 Å². The third-order valence-electron chi connectivity index (χ3n) is 5.24. The highest BCUT2D eigenvalue weighted by molar-refractivity contribution is 7.16. The van der Waals surface area contributed by atoms with Crippen LogP contribution in [0.15, 0.2) is 51.3 Å². The number of halogens is 2. The molecule has 0 aliphatic carbocycles. The number of Topliss-reactive ketones (excluding diaryl/α,β-unsaturated/α-hetero) is 2. The molecule has 0 unspecified atom stereocenters. The number of hydrogen-bond donors (Lipinski definition) is 1. The van der Waals surface area contributed by atoms with E-state index < -0.39 is 0 Å². The van der Waals surface area contributed by atoms with Crippen molar-refractivity contribution in [3.8, 4) is 16.2 Å². The molecule has 6 nitrogen and oxygen atoms in total. The number of rotatable bonds is 9. The molecule has 0 atom stereocenters. The maximum absolute atomic E-state index is 12.7. The van der Waals surface area contributed by atoms with Crippen LogP contribution >= 0.6 is 45.9 Å². The van der Waals surface area contributed by atoms with E-state index in [1.807, 2.05) is 0 Å². The van der Waals surface area contributed by atoms with Gasteiger partial charge in [-0.1, -0.05) is 34.4 Å². The molecule has 4 aromatic rings. The summed E-state index contributed by atoms with van der Waals surface area (Å²) in [4.78, 5) is 31.1. The molecule has 0 saturated carbocycles. The van der Waals surface area contributed by atoms with Gasteiger partial charge in [-0.2, -0.15) is 0 Å². The van der Waals surface area contributed by atoms with E-state index in [0.717, 1.165) is 22.6 Å². The Hall–Kier alpha value is -2.78. The zero-order chi connectivity index (χ0) is 25.1. The van der Waals surface area contributed by atoms with E-state index in [0.29, 0.717) is 48.1 Å². The van der Waals surface area contributed by atoms with Crippen molar-refractivity contribution in [2.45, 2.75) is 26.7 Å².